The molecule has 0 fully saturated rings. The number of carbonyl (C=O) groups is 10. The number of carboxylic acids is 1. The Kier molecular flexibility index (Phi) is 25.3. The number of amides is 8. The monoisotopic (exact) mass is 1090 g/mol. The summed E-state index contributed by atoms with van der Waals surface area (Å²) < 4.78 is 9.91. The van der Waals surface area contributed by atoms with E-state index in [1.54, 1.807) is 27.7 Å². The van der Waals surface area contributed by atoms with Crippen molar-refractivity contribution in [3.63, 3.8) is 0 Å². The Morgan fingerprint density at radius 1 is 0.513 bits per heavy atom. The number of phenolic OH excluding ortho intramolecular Hbond substituents is 3. The fourth-order valence-electron chi connectivity index (χ4n) is 7.72. The number of methoxy groups -OCH3 is 2. The van der Waals surface area contributed by atoms with Crippen molar-refractivity contribution in [2.75, 3.05) is 27.4 Å². The van der Waals surface area contributed by atoms with Gasteiger partial charge < -0.3 is 82.6 Å². The van der Waals surface area contributed by atoms with Crippen molar-refractivity contribution >= 4 is 59.2 Å². The molecule has 8 amide bonds. The summed E-state index contributed by atoms with van der Waals surface area (Å²) in [5, 5.41) is 80.0. The van der Waals surface area contributed by atoms with Gasteiger partial charge in [0.05, 0.1) is 20.8 Å². The molecule has 0 aliphatic carbocycles. The summed E-state index contributed by atoms with van der Waals surface area (Å²) >= 11 is 0. The lowest BCUT2D eigenvalue weighted by molar-refractivity contribution is -0.152. The Morgan fingerprint density at radius 3 is 1.36 bits per heavy atom. The molecule has 0 heterocycles. The number of benzene rings is 3. The van der Waals surface area contributed by atoms with Crippen LogP contribution in [0.15, 0.2) is 66.7 Å². The van der Waals surface area contributed by atoms with E-state index in [4.69, 9.17) is 4.74 Å². The minimum atomic E-state index is -2.73. The molecule has 14 N–H and O–H groups in total. The summed E-state index contributed by atoms with van der Waals surface area (Å²) in [6.45, 7) is 6.20. The maximum absolute atomic E-state index is 14.3. The Labute approximate surface area is 449 Å². The van der Waals surface area contributed by atoms with Gasteiger partial charge in [0.15, 0.2) is 6.10 Å². The Hall–Kier alpha value is -8.52. The molecule has 0 saturated heterocycles. The first-order valence-corrected chi connectivity index (χ1v) is 24.6. The SMILES string of the molecule is COC(=O)CNC(=O)[C@H](CC(C)C)NC(=O)[C@@H](Cc1ccc(O)cc1OC)NC(=O)[C@H](CO)NC(=O)[C@@H](NC(=O)[C@H](CC(C)C)NC(=O)[C@@H](Cc1ccc(O)cc1)NC(=O)[C@H](Cc1ccc(O)cc1)NC(C)=O)[C@@H](O)C(=O)O. The molecule has 78 heavy (non-hydrogen) atoms. The van der Waals surface area contributed by atoms with Gasteiger partial charge in [0, 0.05) is 32.3 Å². The standard InChI is InChI=1S/C52H70N8O18/c1-26(2)18-35(45(68)53-24-42(66)78-7)55-48(71)39(22-31-12-17-34(65)23-41(31)77-6)58-50(73)40(25-61)59-51(74)43(44(67)52(75)76)60-49(72)36(19-27(3)4)56-47(70)38(21-30-10-15-33(64)16-11-30)57-46(69)37(54-28(5)62)20-29-8-13-32(63)14-9-29/h8-17,23,26-27,35-40,43-44,61,63-65,67H,18-22,24-25H2,1-7H3,(H,53,68)(H,54,62)(H,55,71)(H,56,70)(H,57,69)(H,58,73)(H,59,74)(H,60,72)(H,75,76)/t35-,36-,37-,38+,39+,40-,43-,44+/m0/s1. The number of carboxylic acid groups (broad SMARTS) is 1. The highest BCUT2D eigenvalue weighted by Crippen LogP contribution is 2.25. The lowest BCUT2D eigenvalue weighted by atomic mass is 9.99. The molecule has 0 spiro atoms. The Morgan fingerprint density at radius 2 is 0.923 bits per heavy atom. The van der Waals surface area contributed by atoms with Crippen molar-refractivity contribution in [1.29, 1.82) is 0 Å². The maximum atomic E-state index is 14.3. The minimum absolute atomic E-state index is 0.0400. The molecular weight excluding hydrogens is 1020 g/mol. The van der Waals surface area contributed by atoms with Crippen molar-refractivity contribution in [2.24, 2.45) is 11.8 Å². The van der Waals surface area contributed by atoms with Crippen molar-refractivity contribution in [3.8, 4) is 23.0 Å². The fraction of sp³-hybridized carbons (Fsp3) is 0.462. The second-order valence-corrected chi connectivity index (χ2v) is 19.0. The number of hydrogen-bond donors (Lipinski definition) is 14. The molecule has 0 aromatic heterocycles. The van der Waals surface area contributed by atoms with Gasteiger partial charge in [0.2, 0.25) is 47.3 Å². The summed E-state index contributed by atoms with van der Waals surface area (Å²) in [5.74, 6) is -12.0. The number of ether oxygens (including phenoxy) is 2. The highest BCUT2D eigenvalue weighted by molar-refractivity contribution is 5.99. The zero-order valence-electron chi connectivity index (χ0n) is 44.2. The van der Waals surface area contributed by atoms with E-state index in [1.807, 2.05) is 0 Å². The van der Waals surface area contributed by atoms with Crippen LogP contribution in [0.5, 0.6) is 23.0 Å². The van der Waals surface area contributed by atoms with E-state index in [1.165, 1.54) is 80.8 Å². The maximum Gasteiger partial charge on any atom is 0.335 e. The normalized spacial score (nSPS) is 14.1. The molecule has 0 unspecified atom stereocenters. The summed E-state index contributed by atoms with van der Waals surface area (Å²) in [7, 11) is 2.37. The fourth-order valence-corrected chi connectivity index (χ4v) is 7.72. The van der Waals surface area contributed by atoms with Crippen LogP contribution >= 0.6 is 0 Å². The first kappa shape index (κ1) is 63.8. The highest BCUT2D eigenvalue weighted by Gasteiger charge is 2.39. The van der Waals surface area contributed by atoms with Crippen LogP contribution in [-0.2, 0) is 71.9 Å². The highest BCUT2D eigenvalue weighted by atomic mass is 16.5. The first-order valence-electron chi connectivity index (χ1n) is 24.6. The van der Waals surface area contributed by atoms with Gasteiger partial charge in [-0.1, -0.05) is 58.0 Å². The van der Waals surface area contributed by atoms with Gasteiger partial charge >= 0.3 is 11.9 Å². The van der Waals surface area contributed by atoms with E-state index < -0.39 is 133 Å². The van der Waals surface area contributed by atoms with Crippen LogP contribution in [0.2, 0.25) is 0 Å². The van der Waals surface area contributed by atoms with Gasteiger partial charge in [-0.15, -0.1) is 0 Å². The molecule has 3 aromatic carbocycles. The topological polar surface area (TPSA) is 407 Å². The molecular formula is C52H70N8O18. The van der Waals surface area contributed by atoms with Crippen LogP contribution in [0.25, 0.3) is 0 Å². The predicted octanol–water partition coefficient (Wildman–Crippen LogP) is -1.93. The lowest BCUT2D eigenvalue weighted by Gasteiger charge is -2.29. The van der Waals surface area contributed by atoms with Gasteiger partial charge in [-0.05, 0) is 71.7 Å². The van der Waals surface area contributed by atoms with Gasteiger partial charge in [-0.2, -0.15) is 0 Å². The average Bonchev–Trinajstić information content (AvgIpc) is 3.38. The molecule has 26 nitrogen and oxygen atoms in total. The number of carbonyl (C=O) groups excluding carboxylic acids is 9. The van der Waals surface area contributed by atoms with Crippen molar-refractivity contribution in [2.45, 2.75) is 115 Å². The molecule has 3 rings (SSSR count). The van der Waals surface area contributed by atoms with E-state index in [0.29, 0.717) is 11.1 Å². The zero-order chi connectivity index (χ0) is 58.4. The van der Waals surface area contributed by atoms with Crippen molar-refractivity contribution < 1.29 is 88.1 Å². The number of aliphatic hydroxyl groups excluding tert-OH is 2. The quantitative estimate of drug-likeness (QED) is 0.0323. The van der Waals surface area contributed by atoms with Gasteiger partial charge in [0.25, 0.3) is 0 Å². The van der Waals surface area contributed by atoms with Crippen molar-refractivity contribution in [1.82, 2.24) is 42.5 Å². The molecule has 0 radical (unpaired) electrons. The molecule has 0 bridgehead atoms. The number of aliphatic carboxylic acids is 1. The summed E-state index contributed by atoms with van der Waals surface area (Å²) in [5.41, 5.74) is 1.17. The van der Waals surface area contributed by atoms with E-state index in [2.05, 4.69) is 47.3 Å². The number of nitrogens with one attached hydrogen (secondary N) is 8. The van der Waals surface area contributed by atoms with Crippen LogP contribution in [0.4, 0.5) is 0 Å². The van der Waals surface area contributed by atoms with E-state index >= 15 is 0 Å². The minimum Gasteiger partial charge on any atom is -0.508 e. The molecule has 3 aromatic rings. The Bertz CT molecular complexity index is 2580. The lowest BCUT2D eigenvalue weighted by Crippen LogP contribution is -2.63. The molecule has 8 atom stereocenters. The molecule has 0 saturated carbocycles. The van der Waals surface area contributed by atoms with Crippen molar-refractivity contribution in [3.05, 3.63) is 83.4 Å². The average molecular weight is 1100 g/mol. The largest absolute Gasteiger partial charge is 0.508 e. The summed E-state index contributed by atoms with van der Waals surface area (Å²) in [6, 6.07) is 3.41. The van der Waals surface area contributed by atoms with E-state index in [-0.39, 0.29) is 60.2 Å². The van der Waals surface area contributed by atoms with Gasteiger partial charge in [-0.25, -0.2) is 4.79 Å². The third kappa shape index (κ3) is 20.9. The molecule has 0 aliphatic rings. The number of hydrogen-bond acceptors (Lipinski definition) is 17. The second kappa shape index (κ2) is 30.9. The van der Waals surface area contributed by atoms with Gasteiger partial charge in [-0.3, -0.25) is 43.2 Å². The first-order chi connectivity index (χ1) is 36.7. The molecule has 0 aliphatic heterocycles. The van der Waals surface area contributed by atoms with E-state index in [9.17, 15) is 78.6 Å². The third-order valence-corrected chi connectivity index (χ3v) is 11.7. The zero-order valence-corrected chi connectivity index (χ0v) is 44.2. The molecule has 426 valence electrons. The van der Waals surface area contributed by atoms with Crippen LogP contribution in [0.3, 0.4) is 0 Å². The second-order valence-electron chi connectivity index (χ2n) is 19.0. The van der Waals surface area contributed by atoms with Crippen LogP contribution < -0.4 is 47.3 Å². The number of phenols is 3. The summed E-state index contributed by atoms with van der Waals surface area (Å²) in [6.07, 6.45) is -3.61. The Balaban J connectivity index is 1.95. The number of aliphatic hydroxyl groups is 2. The number of esters is 1. The predicted molar refractivity (Wildman–Crippen MR) is 276 cm³/mol. The van der Waals surface area contributed by atoms with Crippen LogP contribution in [-0.4, -0.2) is 166 Å². The van der Waals surface area contributed by atoms with Crippen LogP contribution in [0.1, 0.15) is 64.2 Å². The van der Waals surface area contributed by atoms with Crippen LogP contribution in [0, 0.1) is 11.8 Å². The van der Waals surface area contributed by atoms with E-state index in [0.717, 1.165) is 7.11 Å². The van der Waals surface area contributed by atoms with Gasteiger partial charge in [0.1, 0.15) is 71.8 Å². The smallest absolute Gasteiger partial charge is 0.335 e. The third-order valence-electron chi connectivity index (χ3n) is 11.7. The summed E-state index contributed by atoms with van der Waals surface area (Å²) in [4.78, 5) is 134. The number of aromatic hydroxyl groups is 3. The molecule has 26 heteroatoms. The number of rotatable bonds is 30.